The summed E-state index contributed by atoms with van der Waals surface area (Å²) in [6.45, 7) is 0.256. The number of ether oxygens (including phenoxy) is 1. The summed E-state index contributed by atoms with van der Waals surface area (Å²) in [7, 11) is 0. The first-order valence-corrected chi connectivity index (χ1v) is 4.75. The predicted molar refractivity (Wildman–Crippen MR) is 52.8 cm³/mol. The van der Waals surface area contributed by atoms with Crippen molar-refractivity contribution in [2.24, 2.45) is 0 Å². The molecule has 1 aromatic rings. The second-order valence-corrected chi connectivity index (χ2v) is 3.42. The maximum atomic E-state index is 11.3. The molecule has 15 heavy (non-hydrogen) atoms. The molecule has 0 aliphatic carbocycles. The van der Waals surface area contributed by atoms with Crippen LogP contribution in [0.1, 0.15) is 12.0 Å². The lowest BCUT2D eigenvalue weighted by Gasteiger charge is -2.24. The van der Waals surface area contributed by atoms with E-state index in [1.807, 2.05) is 30.3 Å². The first-order valence-electron chi connectivity index (χ1n) is 4.75. The van der Waals surface area contributed by atoms with Gasteiger partial charge >= 0.3 is 5.97 Å². The van der Waals surface area contributed by atoms with Crippen molar-refractivity contribution in [3.63, 3.8) is 0 Å². The second kappa shape index (κ2) is 4.13. The summed E-state index contributed by atoms with van der Waals surface area (Å²) in [6.07, 6.45) is 0.244. The Morgan fingerprint density at radius 2 is 2.07 bits per heavy atom. The van der Waals surface area contributed by atoms with Crippen molar-refractivity contribution in [3.05, 3.63) is 35.9 Å². The van der Waals surface area contributed by atoms with Gasteiger partial charge in [0.25, 0.3) is 0 Å². The summed E-state index contributed by atoms with van der Waals surface area (Å²) >= 11 is 0. The molecule has 0 spiro atoms. The number of carbonyl (C=O) groups is 2. The number of carbonyl (C=O) groups excluding carboxylic acids is 2. The van der Waals surface area contributed by atoms with Crippen molar-refractivity contribution >= 4 is 11.9 Å². The maximum absolute atomic E-state index is 11.3. The van der Waals surface area contributed by atoms with E-state index in [4.69, 9.17) is 4.74 Å². The molecule has 1 saturated heterocycles. The van der Waals surface area contributed by atoms with E-state index in [0.29, 0.717) is 0 Å². The molecule has 1 aromatic carbocycles. The van der Waals surface area contributed by atoms with Gasteiger partial charge in [0.1, 0.15) is 12.6 Å². The van der Waals surface area contributed by atoms with Crippen LogP contribution in [-0.4, -0.2) is 17.9 Å². The highest BCUT2D eigenvalue weighted by atomic mass is 16.5. The van der Waals surface area contributed by atoms with Crippen LogP contribution in [0.25, 0.3) is 0 Å². The SMILES string of the molecule is O=C1C[C@H](C(=O)OCc2ccccc2)N1. The lowest BCUT2D eigenvalue weighted by atomic mass is 10.1. The Balaban J connectivity index is 1.79. The number of β-lactam (4-membered cyclic amide) rings is 1. The summed E-state index contributed by atoms with van der Waals surface area (Å²) in [5.74, 6) is -0.463. The van der Waals surface area contributed by atoms with Crippen LogP contribution in [0.15, 0.2) is 30.3 Å². The van der Waals surface area contributed by atoms with Crippen LogP contribution in [0.3, 0.4) is 0 Å². The Morgan fingerprint density at radius 1 is 1.40 bits per heavy atom. The van der Waals surface area contributed by atoms with E-state index in [0.717, 1.165) is 5.56 Å². The Labute approximate surface area is 87.2 Å². The third kappa shape index (κ3) is 2.34. The van der Waals surface area contributed by atoms with Gasteiger partial charge in [0.05, 0.1) is 6.42 Å². The van der Waals surface area contributed by atoms with Crippen molar-refractivity contribution in [1.82, 2.24) is 5.32 Å². The highest BCUT2D eigenvalue weighted by Crippen LogP contribution is 2.08. The largest absolute Gasteiger partial charge is 0.459 e. The number of benzene rings is 1. The summed E-state index contributed by atoms with van der Waals surface area (Å²) in [5.41, 5.74) is 0.941. The van der Waals surface area contributed by atoms with Crippen LogP contribution in [0.4, 0.5) is 0 Å². The zero-order valence-electron chi connectivity index (χ0n) is 8.10. The van der Waals surface area contributed by atoms with Gasteiger partial charge in [0, 0.05) is 0 Å². The Hall–Kier alpha value is -1.84. The maximum Gasteiger partial charge on any atom is 0.329 e. The highest BCUT2D eigenvalue weighted by molar-refractivity contribution is 5.94. The molecule has 1 heterocycles. The molecular formula is C11H11NO3. The first kappa shape index (κ1) is 9.71. The second-order valence-electron chi connectivity index (χ2n) is 3.42. The van der Waals surface area contributed by atoms with Crippen LogP contribution in [0.2, 0.25) is 0 Å². The average Bonchev–Trinajstić information content (AvgIpc) is 2.23. The fourth-order valence-electron chi connectivity index (χ4n) is 1.33. The van der Waals surface area contributed by atoms with Crippen LogP contribution in [0, 0.1) is 0 Å². The van der Waals surface area contributed by atoms with Crippen molar-refractivity contribution in [2.75, 3.05) is 0 Å². The van der Waals surface area contributed by atoms with E-state index in [2.05, 4.69) is 5.32 Å². The quantitative estimate of drug-likeness (QED) is 0.581. The Morgan fingerprint density at radius 3 is 2.67 bits per heavy atom. The number of hydrogen-bond donors (Lipinski definition) is 1. The van der Waals surface area contributed by atoms with Gasteiger partial charge in [0.15, 0.2) is 0 Å². The van der Waals surface area contributed by atoms with Crippen molar-refractivity contribution < 1.29 is 14.3 Å². The molecule has 0 unspecified atom stereocenters. The molecule has 1 aliphatic rings. The van der Waals surface area contributed by atoms with E-state index in [-0.39, 0.29) is 24.9 Å². The molecule has 78 valence electrons. The van der Waals surface area contributed by atoms with Crippen molar-refractivity contribution in [2.45, 2.75) is 19.1 Å². The molecule has 1 fully saturated rings. The lowest BCUT2D eigenvalue weighted by Crippen LogP contribution is -2.53. The van der Waals surface area contributed by atoms with Gasteiger partial charge in [-0.3, -0.25) is 4.79 Å². The molecule has 0 saturated carbocycles. The van der Waals surface area contributed by atoms with E-state index >= 15 is 0 Å². The molecule has 0 radical (unpaired) electrons. The summed E-state index contributed by atoms with van der Waals surface area (Å²) in [5, 5.41) is 2.47. The third-order valence-corrected chi connectivity index (χ3v) is 2.23. The van der Waals surface area contributed by atoms with Crippen LogP contribution in [-0.2, 0) is 20.9 Å². The fourth-order valence-corrected chi connectivity index (χ4v) is 1.33. The normalized spacial score (nSPS) is 18.9. The minimum Gasteiger partial charge on any atom is -0.459 e. The molecule has 1 aliphatic heterocycles. The molecule has 1 amide bonds. The van der Waals surface area contributed by atoms with Gasteiger partial charge in [-0.2, -0.15) is 0 Å². The van der Waals surface area contributed by atoms with Gasteiger partial charge in [-0.05, 0) is 5.56 Å². The predicted octanol–water partition coefficient (Wildman–Crippen LogP) is 0.618. The number of rotatable bonds is 3. The van der Waals surface area contributed by atoms with Gasteiger partial charge in [-0.15, -0.1) is 0 Å². The van der Waals surface area contributed by atoms with E-state index in [9.17, 15) is 9.59 Å². The summed E-state index contributed by atoms with van der Waals surface area (Å²) in [6, 6.07) is 8.99. The van der Waals surface area contributed by atoms with Gasteiger partial charge < -0.3 is 10.1 Å². The molecule has 0 bridgehead atoms. The van der Waals surface area contributed by atoms with Gasteiger partial charge in [0.2, 0.25) is 5.91 Å². The molecule has 4 heteroatoms. The van der Waals surface area contributed by atoms with Gasteiger partial charge in [-0.25, -0.2) is 4.79 Å². The van der Waals surface area contributed by atoms with Crippen molar-refractivity contribution in [3.8, 4) is 0 Å². The zero-order chi connectivity index (χ0) is 10.7. The van der Waals surface area contributed by atoms with E-state index < -0.39 is 6.04 Å². The highest BCUT2D eigenvalue weighted by Gasteiger charge is 2.32. The fraction of sp³-hybridized carbons (Fsp3) is 0.273. The molecule has 0 aromatic heterocycles. The van der Waals surface area contributed by atoms with Crippen LogP contribution in [0.5, 0.6) is 0 Å². The summed E-state index contributed by atoms with van der Waals surface area (Å²) < 4.78 is 5.03. The average molecular weight is 205 g/mol. The standard InChI is InChI=1S/C11H11NO3/c13-10-6-9(12-10)11(14)15-7-8-4-2-1-3-5-8/h1-5,9H,6-7H2,(H,12,13)/t9-/m1/s1. The Bertz CT molecular complexity index is 367. The molecule has 2 rings (SSSR count). The third-order valence-electron chi connectivity index (χ3n) is 2.23. The smallest absolute Gasteiger partial charge is 0.329 e. The lowest BCUT2D eigenvalue weighted by molar-refractivity contribution is -0.154. The zero-order valence-corrected chi connectivity index (χ0v) is 8.10. The number of hydrogen-bond acceptors (Lipinski definition) is 3. The number of nitrogens with one attached hydrogen (secondary N) is 1. The topological polar surface area (TPSA) is 55.4 Å². The summed E-state index contributed by atoms with van der Waals surface area (Å²) in [4.78, 5) is 21.9. The number of amides is 1. The van der Waals surface area contributed by atoms with Gasteiger partial charge in [-0.1, -0.05) is 30.3 Å². The Kier molecular flexibility index (Phi) is 2.67. The first-order chi connectivity index (χ1) is 7.25. The monoisotopic (exact) mass is 205 g/mol. The minimum atomic E-state index is -0.443. The number of esters is 1. The van der Waals surface area contributed by atoms with Crippen molar-refractivity contribution in [1.29, 1.82) is 0 Å². The van der Waals surface area contributed by atoms with E-state index in [1.54, 1.807) is 0 Å². The molecule has 1 atom stereocenters. The molecule has 4 nitrogen and oxygen atoms in total. The molecule has 1 N–H and O–H groups in total. The van der Waals surface area contributed by atoms with Crippen LogP contribution >= 0.6 is 0 Å². The van der Waals surface area contributed by atoms with Crippen LogP contribution < -0.4 is 5.32 Å². The van der Waals surface area contributed by atoms with E-state index in [1.165, 1.54) is 0 Å². The molecular weight excluding hydrogens is 194 g/mol. The minimum absolute atomic E-state index is 0.100.